The number of anilines is 2. The van der Waals surface area contributed by atoms with Crippen molar-refractivity contribution in [3.63, 3.8) is 0 Å². The van der Waals surface area contributed by atoms with Crippen molar-refractivity contribution in [2.45, 2.75) is 19.4 Å². The average molecular weight is 364 g/mol. The van der Waals surface area contributed by atoms with E-state index in [2.05, 4.69) is 10.5 Å². The Balaban J connectivity index is 1.69. The highest BCUT2D eigenvalue weighted by Crippen LogP contribution is 2.29. The van der Waals surface area contributed by atoms with Crippen molar-refractivity contribution in [1.82, 2.24) is 5.32 Å². The molecule has 0 bridgehead atoms. The molecule has 1 aromatic rings. The summed E-state index contributed by atoms with van der Waals surface area (Å²) in [6.07, 6.45) is -0.290. The number of rotatable bonds is 5. The molecule has 9 heteroatoms. The van der Waals surface area contributed by atoms with Crippen molar-refractivity contribution >= 4 is 29.1 Å². The largest absolute Gasteiger partial charge is 0.442 e. The van der Waals surface area contributed by atoms with E-state index >= 15 is 0 Å². The van der Waals surface area contributed by atoms with Crippen LogP contribution in [-0.4, -0.2) is 57.1 Å². The molecule has 2 aliphatic rings. The summed E-state index contributed by atoms with van der Waals surface area (Å²) >= 11 is 0. The van der Waals surface area contributed by atoms with Gasteiger partial charge in [-0.15, -0.1) is 0 Å². The van der Waals surface area contributed by atoms with Crippen LogP contribution in [0.5, 0.6) is 0 Å². The summed E-state index contributed by atoms with van der Waals surface area (Å²) < 4.78 is 19.8. The molecule has 2 aliphatic heterocycles. The molecule has 0 radical (unpaired) electrons. The third-order valence-corrected chi connectivity index (χ3v) is 4.30. The molecule has 2 heterocycles. The quantitative estimate of drug-likeness (QED) is 0.801. The van der Waals surface area contributed by atoms with Crippen molar-refractivity contribution in [3.8, 4) is 0 Å². The number of nitrogens with one attached hydrogen (secondary N) is 1. The SMILES string of the molecule is CON=C1CCN(c2ccc(N3C[C@H](CNC(C)=O)OC3=O)cc2F)C1. The van der Waals surface area contributed by atoms with Crippen LogP contribution in [0.4, 0.5) is 20.6 Å². The summed E-state index contributed by atoms with van der Waals surface area (Å²) in [5, 5.41) is 6.52. The van der Waals surface area contributed by atoms with Crippen molar-refractivity contribution in [2.24, 2.45) is 5.16 Å². The van der Waals surface area contributed by atoms with E-state index < -0.39 is 18.0 Å². The van der Waals surface area contributed by atoms with Crippen LogP contribution < -0.4 is 15.1 Å². The predicted octanol–water partition coefficient (Wildman–Crippen LogP) is 1.50. The molecule has 3 rings (SSSR count). The number of nitrogens with zero attached hydrogens (tertiary/aromatic N) is 3. The van der Waals surface area contributed by atoms with Gasteiger partial charge in [-0.1, -0.05) is 5.16 Å². The highest BCUT2D eigenvalue weighted by atomic mass is 19.1. The number of hydrogen-bond acceptors (Lipinski definition) is 6. The van der Waals surface area contributed by atoms with Gasteiger partial charge in [0.05, 0.1) is 36.7 Å². The molecule has 0 unspecified atom stereocenters. The second kappa shape index (κ2) is 7.59. The first-order chi connectivity index (χ1) is 12.5. The van der Waals surface area contributed by atoms with E-state index in [9.17, 15) is 14.0 Å². The van der Waals surface area contributed by atoms with Gasteiger partial charge in [-0.2, -0.15) is 0 Å². The normalized spacial score (nSPS) is 21.3. The van der Waals surface area contributed by atoms with Gasteiger partial charge < -0.3 is 19.8 Å². The lowest BCUT2D eigenvalue weighted by Gasteiger charge is -2.20. The van der Waals surface area contributed by atoms with Crippen molar-refractivity contribution in [1.29, 1.82) is 0 Å². The first-order valence-corrected chi connectivity index (χ1v) is 8.34. The second-order valence-electron chi connectivity index (χ2n) is 6.20. The van der Waals surface area contributed by atoms with Gasteiger partial charge in [-0.3, -0.25) is 9.69 Å². The second-order valence-corrected chi connectivity index (χ2v) is 6.20. The maximum Gasteiger partial charge on any atom is 0.414 e. The van der Waals surface area contributed by atoms with Gasteiger partial charge in [-0.05, 0) is 18.2 Å². The van der Waals surface area contributed by atoms with E-state index in [4.69, 9.17) is 9.57 Å². The monoisotopic (exact) mass is 364 g/mol. The number of cyclic esters (lactones) is 1. The van der Waals surface area contributed by atoms with Crippen molar-refractivity contribution in [2.75, 3.05) is 43.1 Å². The van der Waals surface area contributed by atoms with Crippen LogP contribution in [0.25, 0.3) is 0 Å². The summed E-state index contributed by atoms with van der Waals surface area (Å²) in [5.74, 6) is -0.615. The highest BCUT2D eigenvalue weighted by Gasteiger charge is 2.33. The zero-order chi connectivity index (χ0) is 18.7. The Morgan fingerprint density at radius 3 is 3.00 bits per heavy atom. The van der Waals surface area contributed by atoms with E-state index in [1.54, 1.807) is 12.1 Å². The van der Waals surface area contributed by atoms with Crippen LogP contribution in [0.1, 0.15) is 13.3 Å². The standard InChI is InChI=1S/C17H21FN4O4/c1-11(23)19-8-14-10-22(17(24)26-14)13-3-4-16(15(18)7-13)21-6-5-12(9-21)20-25-2/h3-4,7,14H,5-6,8-10H2,1-2H3,(H,19,23)/t14-/m0/s1. The lowest BCUT2D eigenvalue weighted by Crippen LogP contribution is -2.33. The first kappa shape index (κ1) is 18.0. The molecule has 2 amide bonds. The van der Waals surface area contributed by atoms with E-state index in [0.29, 0.717) is 24.5 Å². The number of ether oxygens (including phenoxy) is 1. The summed E-state index contributed by atoms with van der Waals surface area (Å²) in [6.45, 7) is 3.04. The van der Waals surface area contributed by atoms with E-state index in [0.717, 1.165) is 12.1 Å². The van der Waals surface area contributed by atoms with Gasteiger partial charge in [0.25, 0.3) is 0 Å². The zero-order valence-corrected chi connectivity index (χ0v) is 14.7. The van der Waals surface area contributed by atoms with Gasteiger partial charge in [0, 0.05) is 19.9 Å². The molecule has 1 atom stereocenters. The van der Waals surface area contributed by atoms with Gasteiger partial charge in [0.2, 0.25) is 5.91 Å². The molecular formula is C17H21FN4O4. The number of carbonyl (C=O) groups is 2. The summed E-state index contributed by atoms with van der Waals surface area (Å²) in [4.78, 5) is 31.0. The molecule has 1 aromatic carbocycles. The first-order valence-electron chi connectivity index (χ1n) is 8.34. The number of oxime groups is 1. The minimum Gasteiger partial charge on any atom is -0.442 e. The van der Waals surface area contributed by atoms with E-state index in [1.165, 1.54) is 25.0 Å². The molecule has 8 nitrogen and oxygen atoms in total. The average Bonchev–Trinajstić information content (AvgIpc) is 3.20. The Hall–Kier alpha value is -2.84. The molecule has 140 valence electrons. The lowest BCUT2D eigenvalue weighted by atomic mass is 10.2. The molecule has 1 N–H and O–H groups in total. The molecule has 0 saturated carbocycles. The smallest absolute Gasteiger partial charge is 0.414 e. The summed E-state index contributed by atoms with van der Waals surface area (Å²) in [7, 11) is 1.49. The Labute approximate surface area is 150 Å². The Bertz CT molecular complexity index is 739. The molecule has 2 fully saturated rings. The molecule has 0 aliphatic carbocycles. The van der Waals surface area contributed by atoms with Gasteiger partial charge in [0.1, 0.15) is 19.0 Å². The molecular weight excluding hydrogens is 343 g/mol. The van der Waals surface area contributed by atoms with Crippen LogP contribution >= 0.6 is 0 Å². The highest BCUT2D eigenvalue weighted by molar-refractivity contribution is 5.92. The maximum atomic E-state index is 14.6. The molecule has 2 saturated heterocycles. The van der Waals surface area contributed by atoms with Gasteiger partial charge >= 0.3 is 6.09 Å². The Kier molecular flexibility index (Phi) is 5.24. The number of carbonyl (C=O) groups excluding carboxylic acids is 2. The van der Waals surface area contributed by atoms with Crippen molar-refractivity contribution < 1.29 is 23.6 Å². The van der Waals surface area contributed by atoms with Crippen LogP contribution in [-0.2, 0) is 14.4 Å². The fraction of sp³-hybridized carbons (Fsp3) is 0.471. The van der Waals surface area contributed by atoms with Crippen LogP contribution in [0.2, 0.25) is 0 Å². The third-order valence-electron chi connectivity index (χ3n) is 4.30. The minimum absolute atomic E-state index is 0.197. The van der Waals surface area contributed by atoms with Crippen LogP contribution in [0, 0.1) is 5.82 Å². The van der Waals surface area contributed by atoms with Crippen LogP contribution in [0.3, 0.4) is 0 Å². The summed E-state index contributed by atoms with van der Waals surface area (Å²) in [5.41, 5.74) is 1.74. The van der Waals surface area contributed by atoms with E-state index in [-0.39, 0.29) is 19.0 Å². The Morgan fingerprint density at radius 2 is 2.31 bits per heavy atom. The predicted molar refractivity (Wildman–Crippen MR) is 94.0 cm³/mol. The molecule has 0 spiro atoms. The zero-order valence-electron chi connectivity index (χ0n) is 14.7. The number of halogens is 1. The third kappa shape index (κ3) is 3.87. The maximum absolute atomic E-state index is 14.6. The Morgan fingerprint density at radius 1 is 1.50 bits per heavy atom. The van der Waals surface area contributed by atoms with Crippen molar-refractivity contribution in [3.05, 3.63) is 24.0 Å². The minimum atomic E-state index is -0.553. The lowest BCUT2D eigenvalue weighted by molar-refractivity contribution is -0.119. The van der Waals surface area contributed by atoms with E-state index in [1.807, 2.05) is 4.90 Å². The fourth-order valence-corrected chi connectivity index (χ4v) is 3.07. The fourth-order valence-electron chi connectivity index (χ4n) is 3.07. The van der Waals surface area contributed by atoms with Gasteiger partial charge in [0.15, 0.2) is 0 Å². The molecule has 0 aromatic heterocycles. The molecule has 26 heavy (non-hydrogen) atoms. The number of benzene rings is 1. The number of amides is 2. The van der Waals surface area contributed by atoms with Crippen LogP contribution in [0.15, 0.2) is 23.4 Å². The summed E-state index contributed by atoms with van der Waals surface area (Å²) in [6, 6.07) is 4.66. The number of hydrogen-bond donors (Lipinski definition) is 1. The van der Waals surface area contributed by atoms with Gasteiger partial charge in [-0.25, -0.2) is 9.18 Å². The topological polar surface area (TPSA) is 83.5 Å².